The zero-order valence-electron chi connectivity index (χ0n) is 16.2. The molecule has 4 rings (SSSR count). The molecule has 2 heterocycles. The summed E-state index contributed by atoms with van der Waals surface area (Å²) in [5, 5.41) is 10.0. The third-order valence-corrected chi connectivity index (χ3v) is 5.06. The molecule has 6 heteroatoms. The molecule has 0 spiro atoms. The number of methoxy groups -OCH3 is 1. The first-order valence-electron chi connectivity index (χ1n) is 9.26. The van der Waals surface area contributed by atoms with Crippen LogP contribution in [0.5, 0.6) is 11.5 Å². The Bertz CT molecular complexity index is 1030. The summed E-state index contributed by atoms with van der Waals surface area (Å²) in [6, 6.07) is 14.0. The van der Waals surface area contributed by atoms with Gasteiger partial charge >= 0.3 is 0 Å². The van der Waals surface area contributed by atoms with Crippen LogP contribution in [0.3, 0.4) is 0 Å². The number of aromatic nitrogens is 2. The molecule has 1 aliphatic heterocycles. The van der Waals surface area contributed by atoms with Gasteiger partial charge in [-0.2, -0.15) is 5.10 Å². The lowest BCUT2D eigenvalue weighted by Gasteiger charge is -2.25. The van der Waals surface area contributed by atoms with Crippen molar-refractivity contribution in [3.63, 3.8) is 0 Å². The number of carbonyl (C=O) groups excluding carboxylic acids is 1. The normalized spacial score (nSPS) is 15.7. The molecule has 2 N–H and O–H groups in total. The van der Waals surface area contributed by atoms with Crippen LogP contribution >= 0.6 is 0 Å². The van der Waals surface area contributed by atoms with Gasteiger partial charge in [0.1, 0.15) is 6.61 Å². The van der Waals surface area contributed by atoms with E-state index >= 15 is 0 Å². The van der Waals surface area contributed by atoms with Crippen LogP contribution in [0.25, 0.3) is 0 Å². The van der Waals surface area contributed by atoms with Crippen LogP contribution in [0.1, 0.15) is 40.3 Å². The average molecular weight is 377 g/mol. The molecule has 1 atom stereocenters. The number of ether oxygens (including phenoxy) is 2. The molecular formula is C22H23N3O3. The minimum atomic E-state index is -0.148. The van der Waals surface area contributed by atoms with E-state index < -0.39 is 0 Å². The van der Waals surface area contributed by atoms with Crippen molar-refractivity contribution in [2.45, 2.75) is 32.8 Å². The van der Waals surface area contributed by atoms with Crippen LogP contribution in [0.2, 0.25) is 0 Å². The lowest BCUT2D eigenvalue weighted by molar-refractivity contribution is -0.116. The van der Waals surface area contributed by atoms with Gasteiger partial charge in [0.25, 0.3) is 0 Å². The fraction of sp³-hybridized carbons (Fsp3) is 0.273. The number of fused-ring (bicyclic) bond motifs is 1. The smallest absolute Gasteiger partial charge is 0.226 e. The fourth-order valence-electron chi connectivity index (χ4n) is 3.78. The van der Waals surface area contributed by atoms with Gasteiger partial charge in [0.2, 0.25) is 5.91 Å². The molecule has 0 saturated heterocycles. The second-order valence-corrected chi connectivity index (χ2v) is 7.07. The van der Waals surface area contributed by atoms with E-state index in [0.717, 1.165) is 22.4 Å². The number of benzene rings is 2. The number of hydrogen-bond donors (Lipinski definition) is 2. The van der Waals surface area contributed by atoms with Gasteiger partial charge in [-0.15, -0.1) is 0 Å². The van der Waals surface area contributed by atoms with Gasteiger partial charge in [-0.3, -0.25) is 9.89 Å². The zero-order valence-corrected chi connectivity index (χ0v) is 16.2. The van der Waals surface area contributed by atoms with Crippen molar-refractivity contribution in [3.05, 3.63) is 70.4 Å². The summed E-state index contributed by atoms with van der Waals surface area (Å²) >= 11 is 0. The van der Waals surface area contributed by atoms with Crippen LogP contribution in [-0.2, 0) is 11.4 Å². The number of carbonyl (C=O) groups is 1. The molecule has 0 radical (unpaired) electrons. The Morgan fingerprint density at radius 1 is 1.18 bits per heavy atom. The van der Waals surface area contributed by atoms with Gasteiger partial charge in [-0.1, -0.05) is 42.0 Å². The van der Waals surface area contributed by atoms with Gasteiger partial charge in [0, 0.05) is 29.2 Å². The number of nitrogens with one attached hydrogen (secondary N) is 2. The molecule has 144 valence electrons. The van der Waals surface area contributed by atoms with Crippen molar-refractivity contribution in [2.75, 3.05) is 12.4 Å². The summed E-state index contributed by atoms with van der Waals surface area (Å²) in [6.45, 7) is 4.44. The maximum atomic E-state index is 12.3. The second kappa shape index (κ2) is 7.38. The molecule has 1 amide bonds. The standard InChI is InChI=1S/C22H23N3O3/c1-13-6-4-7-15(10-13)12-28-21-16(8-5-9-18(21)27-3)17-11-19(26)23-22-20(17)14(2)24-25-22/h4-10,17H,11-12H2,1-3H3,(H2,23,24,25,26). The summed E-state index contributed by atoms with van der Waals surface area (Å²) in [6.07, 6.45) is 0.335. The summed E-state index contributed by atoms with van der Waals surface area (Å²) in [7, 11) is 1.63. The number of amides is 1. The molecule has 0 aliphatic carbocycles. The predicted molar refractivity (Wildman–Crippen MR) is 107 cm³/mol. The van der Waals surface area contributed by atoms with E-state index in [0.29, 0.717) is 30.3 Å². The first-order valence-corrected chi connectivity index (χ1v) is 9.26. The molecule has 3 aromatic rings. The number of nitrogens with zero attached hydrogens (tertiary/aromatic N) is 1. The Hall–Kier alpha value is -3.28. The SMILES string of the molecule is COc1cccc(C2CC(=O)Nc3n[nH]c(C)c32)c1OCc1cccc(C)c1. The van der Waals surface area contributed by atoms with Crippen molar-refractivity contribution in [3.8, 4) is 11.5 Å². The van der Waals surface area contributed by atoms with Crippen molar-refractivity contribution >= 4 is 11.7 Å². The number of para-hydroxylation sites is 1. The van der Waals surface area contributed by atoms with E-state index in [9.17, 15) is 4.79 Å². The number of anilines is 1. The van der Waals surface area contributed by atoms with Crippen molar-refractivity contribution < 1.29 is 14.3 Å². The van der Waals surface area contributed by atoms with Gasteiger partial charge in [-0.05, 0) is 25.5 Å². The summed E-state index contributed by atoms with van der Waals surface area (Å²) in [4.78, 5) is 12.3. The number of aromatic amines is 1. The van der Waals surface area contributed by atoms with Crippen molar-refractivity contribution in [1.82, 2.24) is 10.2 Å². The molecule has 6 nitrogen and oxygen atoms in total. The van der Waals surface area contributed by atoms with Crippen molar-refractivity contribution in [2.24, 2.45) is 0 Å². The number of H-pyrrole nitrogens is 1. The van der Waals surface area contributed by atoms with E-state index in [2.05, 4.69) is 34.6 Å². The molecule has 28 heavy (non-hydrogen) atoms. The second-order valence-electron chi connectivity index (χ2n) is 7.07. The van der Waals surface area contributed by atoms with Crippen LogP contribution in [0, 0.1) is 13.8 Å². The van der Waals surface area contributed by atoms with E-state index in [1.54, 1.807) is 7.11 Å². The monoisotopic (exact) mass is 377 g/mol. The first-order chi connectivity index (χ1) is 13.6. The third kappa shape index (κ3) is 3.33. The Kier molecular flexibility index (Phi) is 4.77. The van der Waals surface area contributed by atoms with Crippen LogP contribution in [-0.4, -0.2) is 23.2 Å². The third-order valence-electron chi connectivity index (χ3n) is 5.06. The lowest BCUT2D eigenvalue weighted by Crippen LogP contribution is -2.24. The van der Waals surface area contributed by atoms with Crippen LogP contribution in [0.4, 0.5) is 5.82 Å². The van der Waals surface area contributed by atoms with Crippen LogP contribution in [0.15, 0.2) is 42.5 Å². The molecule has 0 saturated carbocycles. The average Bonchev–Trinajstić information content (AvgIpc) is 3.06. The topological polar surface area (TPSA) is 76.2 Å². The van der Waals surface area contributed by atoms with Gasteiger partial charge in [0.15, 0.2) is 17.3 Å². The maximum Gasteiger partial charge on any atom is 0.226 e. The Morgan fingerprint density at radius 3 is 2.79 bits per heavy atom. The highest BCUT2D eigenvalue weighted by Gasteiger charge is 2.33. The number of hydrogen-bond acceptors (Lipinski definition) is 4. The highest BCUT2D eigenvalue weighted by Crippen LogP contribution is 2.44. The highest BCUT2D eigenvalue weighted by atomic mass is 16.5. The molecule has 1 unspecified atom stereocenters. The summed E-state index contributed by atoms with van der Waals surface area (Å²) < 4.78 is 11.8. The predicted octanol–water partition coefficient (Wildman–Crippen LogP) is 4.09. The molecule has 2 aromatic carbocycles. The van der Waals surface area contributed by atoms with Gasteiger partial charge < -0.3 is 14.8 Å². The van der Waals surface area contributed by atoms with Gasteiger partial charge in [-0.25, -0.2) is 0 Å². The summed E-state index contributed by atoms with van der Waals surface area (Å²) in [5.41, 5.74) is 5.12. The highest BCUT2D eigenvalue weighted by molar-refractivity contribution is 5.94. The zero-order chi connectivity index (χ0) is 19.7. The Labute approximate surface area is 163 Å². The van der Waals surface area contributed by atoms with E-state index in [4.69, 9.17) is 9.47 Å². The minimum Gasteiger partial charge on any atom is -0.493 e. The molecular weight excluding hydrogens is 354 g/mol. The molecule has 0 bridgehead atoms. The molecule has 1 aromatic heterocycles. The van der Waals surface area contributed by atoms with E-state index in [1.165, 1.54) is 5.56 Å². The van der Waals surface area contributed by atoms with E-state index in [1.807, 2.05) is 37.3 Å². The van der Waals surface area contributed by atoms with Crippen molar-refractivity contribution in [1.29, 1.82) is 0 Å². The fourth-order valence-corrected chi connectivity index (χ4v) is 3.78. The maximum absolute atomic E-state index is 12.3. The molecule has 1 aliphatic rings. The van der Waals surface area contributed by atoms with E-state index in [-0.39, 0.29) is 11.8 Å². The Morgan fingerprint density at radius 2 is 2.00 bits per heavy atom. The largest absolute Gasteiger partial charge is 0.493 e. The quantitative estimate of drug-likeness (QED) is 0.702. The minimum absolute atomic E-state index is 0.0588. The first kappa shape index (κ1) is 18.1. The van der Waals surface area contributed by atoms with Gasteiger partial charge in [0.05, 0.1) is 7.11 Å². The summed E-state index contributed by atoms with van der Waals surface area (Å²) in [5.74, 6) is 1.70. The Balaban J connectivity index is 1.74. The number of rotatable bonds is 5. The lowest BCUT2D eigenvalue weighted by atomic mass is 9.85. The van der Waals surface area contributed by atoms with Crippen LogP contribution < -0.4 is 14.8 Å². The molecule has 0 fully saturated rings. The number of aryl methyl sites for hydroxylation is 2.